The molecule has 0 saturated heterocycles. The summed E-state index contributed by atoms with van der Waals surface area (Å²) in [4.78, 5) is 28.7. The molecule has 5 N–H and O–H groups in total. The molecule has 0 saturated carbocycles. The first kappa shape index (κ1) is 20.3. The van der Waals surface area contributed by atoms with Crippen molar-refractivity contribution in [2.75, 3.05) is 0 Å². The number of para-hydroxylation sites is 1. The van der Waals surface area contributed by atoms with Gasteiger partial charge in [-0.25, -0.2) is 9.78 Å². The van der Waals surface area contributed by atoms with Gasteiger partial charge >= 0.3 is 6.09 Å². The molecule has 5 rings (SSSR count). The molecule has 9 nitrogen and oxygen atoms in total. The van der Waals surface area contributed by atoms with Gasteiger partial charge in [0, 0.05) is 35.7 Å². The minimum absolute atomic E-state index is 0.403. The lowest BCUT2D eigenvalue weighted by molar-refractivity contribution is 0.105. The Morgan fingerprint density at radius 2 is 1.76 bits per heavy atom. The van der Waals surface area contributed by atoms with E-state index < -0.39 is 23.9 Å². The molecule has 9 heteroatoms. The lowest BCUT2D eigenvalue weighted by Crippen LogP contribution is -2.36. The van der Waals surface area contributed by atoms with Crippen molar-refractivity contribution in [3.05, 3.63) is 90.5 Å². The van der Waals surface area contributed by atoms with E-state index >= 15 is 0 Å². The van der Waals surface area contributed by atoms with Crippen molar-refractivity contribution in [2.45, 2.75) is 12.5 Å². The van der Waals surface area contributed by atoms with Crippen LogP contribution in [0.3, 0.4) is 0 Å². The summed E-state index contributed by atoms with van der Waals surface area (Å²) in [6, 6.07) is 19.5. The lowest BCUT2D eigenvalue weighted by atomic mass is 10.0. The van der Waals surface area contributed by atoms with E-state index in [9.17, 15) is 15.0 Å². The third kappa shape index (κ3) is 4.11. The third-order valence-electron chi connectivity index (χ3n) is 5.37. The topological polar surface area (TPSA) is 128 Å². The lowest BCUT2D eigenvalue weighted by Gasteiger charge is -2.17. The van der Waals surface area contributed by atoms with E-state index in [0.717, 1.165) is 27.7 Å². The number of rotatable bonds is 6. The van der Waals surface area contributed by atoms with Crippen LogP contribution in [0.5, 0.6) is 11.8 Å². The predicted molar refractivity (Wildman–Crippen MR) is 122 cm³/mol. The van der Waals surface area contributed by atoms with Gasteiger partial charge in [0.05, 0.1) is 17.9 Å². The van der Waals surface area contributed by atoms with Crippen LogP contribution >= 0.6 is 0 Å². The van der Waals surface area contributed by atoms with Crippen molar-refractivity contribution in [3.8, 4) is 23.0 Å². The number of carbonyl (C=O) groups excluding carboxylic acids is 1. The van der Waals surface area contributed by atoms with Gasteiger partial charge in [0.2, 0.25) is 11.8 Å². The van der Waals surface area contributed by atoms with Crippen LogP contribution in [0.1, 0.15) is 17.4 Å². The van der Waals surface area contributed by atoms with E-state index in [4.69, 9.17) is 4.84 Å². The third-order valence-corrected chi connectivity index (χ3v) is 5.37. The monoisotopic (exact) mass is 443 g/mol. The van der Waals surface area contributed by atoms with Crippen LogP contribution < -0.4 is 10.2 Å². The SMILES string of the molecule is O=C(N[C@H](Cc1c[nH]c2ccccc12)c1ncc(-c2ccccc2)[nH]1)On1c(O)ccc1O. The fourth-order valence-electron chi connectivity index (χ4n) is 3.76. The highest BCUT2D eigenvalue weighted by Crippen LogP contribution is 2.26. The molecule has 33 heavy (non-hydrogen) atoms. The molecule has 166 valence electrons. The Bertz CT molecular complexity index is 1380. The molecule has 0 aliphatic rings. The second-order valence-corrected chi connectivity index (χ2v) is 7.53. The van der Waals surface area contributed by atoms with Crippen molar-refractivity contribution in [1.82, 2.24) is 25.0 Å². The van der Waals surface area contributed by atoms with Crippen LogP contribution in [0.25, 0.3) is 22.2 Å². The summed E-state index contributed by atoms with van der Waals surface area (Å²) in [5.41, 5.74) is 3.75. The fraction of sp³-hybridized carbons (Fsp3) is 0.0833. The largest absolute Gasteiger partial charge is 0.492 e. The standard InChI is InChI=1S/C24H21N5O4/c30-21-10-11-22(31)29(21)33-24(32)28-19(12-16-13-25-18-9-5-4-8-17(16)18)23-26-14-20(27-23)15-6-2-1-3-7-15/h1-11,13-14,19,25,30-31H,12H2,(H,26,27)(H,28,32)/t19-/m1/s1. The second kappa shape index (κ2) is 8.46. The number of H-pyrrole nitrogens is 2. The van der Waals surface area contributed by atoms with Gasteiger partial charge in [-0.05, 0) is 17.2 Å². The summed E-state index contributed by atoms with van der Waals surface area (Å²) in [6.45, 7) is 0. The molecular weight excluding hydrogens is 422 g/mol. The number of aromatic hydroxyl groups is 2. The summed E-state index contributed by atoms with van der Waals surface area (Å²) in [7, 11) is 0. The molecule has 0 bridgehead atoms. The molecular formula is C24H21N5O4. The number of hydrogen-bond acceptors (Lipinski definition) is 5. The molecule has 3 heterocycles. The number of carbonyl (C=O) groups is 1. The summed E-state index contributed by atoms with van der Waals surface area (Å²) in [5.74, 6) is -0.266. The zero-order valence-electron chi connectivity index (χ0n) is 17.4. The molecule has 5 aromatic rings. The first-order chi connectivity index (χ1) is 16.1. The quantitative estimate of drug-likeness (QED) is 0.272. The van der Waals surface area contributed by atoms with Crippen molar-refractivity contribution in [1.29, 1.82) is 0 Å². The Morgan fingerprint density at radius 3 is 2.55 bits per heavy atom. The molecule has 1 amide bonds. The van der Waals surface area contributed by atoms with Crippen LogP contribution in [-0.4, -0.2) is 36.0 Å². The summed E-state index contributed by atoms with van der Waals surface area (Å²) in [6.07, 6.45) is 3.17. The van der Waals surface area contributed by atoms with Gasteiger partial charge in [0.25, 0.3) is 0 Å². The normalized spacial score (nSPS) is 12.0. The van der Waals surface area contributed by atoms with Gasteiger partial charge < -0.3 is 30.3 Å². The number of hydrogen-bond donors (Lipinski definition) is 5. The van der Waals surface area contributed by atoms with Crippen molar-refractivity contribution >= 4 is 17.0 Å². The number of fused-ring (bicyclic) bond motifs is 1. The number of aromatic nitrogens is 4. The van der Waals surface area contributed by atoms with Gasteiger partial charge in [0.1, 0.15) is 5.82 Å². The molecule has 0 spiro atoms. The van der Waals surface area contributed by atoms with E-state index in [1.807, 2.05) is 60.8 Å². The molecule has 3 aromatic heterocycles. The summed E-state index contributed by atoms with van der Waals surface area (Å²) < 4.78 is 0.635. The molecule has 2 aromatic carbocycles. The zero-order valence-corrected chi connectivity index (χ0v) is 17.4. The Morgan fingerprint density at radius 1 is 1.03 bits per heavy atom. The maximum absolute atomic E-state index is 12.6. The fourth-order valence-corrected chi connectivity index (χ4v) is 3.76. The number of nitrogens with one attached hydrogen (secondary N) is 3. The highest BCUT2D eigenvalue weighted by molar-refractivity contribution is 5.83. The molecule has 0 aliphatic carbocycles. The van der Waals surface area contributed by atoms with Crippen LogP contribution in [0.15, 0.2) is 79.1 Å². The number of imidazole rings is 1. The van der Waals surface area contributed by atoms with Gasteiger partial charge in [-0.2, -0.15) is 0 Å². The van der Waals surface area contributed by atoms with E-state index in [2.05, 4.69) is 20.3 Å². The van der Waals surface area contributed by atoms with E-state index in [1.165, 1.54) is 12.1 Å². The number of nitrogens with zero attached hydrogens (tertiary/aromatic N) is 2. The summed E-state index contributed by atoms with van der Waals surface area (Å²) in [5, 5.41) is 23.3. The number of aromatic amines is 2. The van der Waals surface area contributed by atoms with Gasteiger partial charge in [-0.15, -0.1) is 4.73 Å². The molecule has 0 unspecified atom stereocenters. The van der Waals surface area contributed by atoms with E-state index in [1.54, 1.807) is 6.20 Å². The second-order valence-electron chi connectivity index (χ2n) is 7.53. The van der Waals surface area contributed by atoms with Crippen molar-refractivity contribution in [2.24, 2.45) is 0 Å². The summed E-state index contributed by atoms with van der Waals surface area (Å²) >= 11 is 0. The minimum Gasteiger partial charge on any atom is -0.492 e. The average molecular weight is 443 g/mol. The molecule has 0 radical (unpaired) electrons. The zero-order chi connectivity index (χ0) is 22.8. The molecule has 1 atom stereocenters. The predicted octanol–water partition coefficient (Wildman–Crippen LogP) is 3.89. The Balaban J connectivity index is 1.44. The average Bonchev–Trinajstić information content (AvgIpc) is 3.55. The minimum atomic E-state index is -0.862. The van der Waals surface area contributed by atoms with Crippen LogP contribution in [0.2, 0.25) is 0 Å². The molecule has 0 aliphatic heterocycles. The number of amides is 1. The van der Waals surface area contributed by atoms with Gasteiger partial charge in [-0.3, -0.25) is 0 Å². The van der Waals surface area contributed by atoms with Crippen LogP contribution in [-0.2, 0) is 6.42 Å². The Labute approximate surface area is 188 Å². The van der Waals surface area contributed by atoms with Crippen molar-refractivity contribution < 1.29 is 19.8 Å². The smallest absolute Gasteiger partial charge is 0.432 e. The Hall–Kier alpha value is -4.66. The maximum Gasteiger partial charge on any atom is 0.432 e. The van der Waals surface area contributed by atoms with E-state index in [-0.39, 0.29) is 0 Å². The van der Waals surface area contributed by atoms with Gasteiger partial charge in [0.15, 0.2) is 0 Å². The first-order valence-corrected chi connectivity index (χ1v) is 10.3. The Kier molecular flexibility index (Phi) is 5.19. The molecule has 0 fully saturated rings. The van der Waals surface area contributed by atoms with E-state index in [0.29, 0.717) is 17.0 Å². The van der Waals surface area contributed by atoms with Crippen LogP contribution in [0.4, 0.5) is 4.79 Å². The van der Waals surface area contributed by atoms with Crippen LogP contribution in [0, 0.1) is 0 Å². The van der Waals surface area contributed by atoms with Gasteiger partial charge in [-0.1, -0.05) is 48.5 Å². The van der Waals surface area contributed by atoms with Crippen molar-refractivity contribution in [3.63, 3.8) is 0 Å². The highest BCUT2D eigenvalue weighted by Gasteiger charge is 2.23. The maximum atomic E-state index is 12.6. The number of benzene rings is 2. The first-order valence-electron chi connectivity index (χ1n) is 10.3. The highest BCUT2D eigenvalue weighted by atomic mass is 16.7.